The van der Waals surface area contributed by atoms with Crippen molar-refractivity contribution in [3.05, 3.63) is 0 Å². The minimum absolute atomic E-state index is 0.242. The molecule has 0 aromatic heterocycles. The molecule has 1 fully saturated rings. The standard InChI is InChI=1S/C15H29NO5/c1-4-21-14(17)15(2,16-13-6-7-13)12-20-9-5-8-19-11-10-18-3/h13,16H,4-12H2,1-3H3. The molecule has 1 unspecified atom stereocenters. The van der Waals surface area contributed by atoms with Crippen LogP contribution in [-0.2, 0) is 23.7 Å². The Kier molecular flexibility index (Phi) is 8.84. The molecule has 0 aromatic carbocycles. The third-order valence-electron chi connectivity index (χ3n) is 3.23. The Labute approximate surface area is 127 Å². The number of esters is 1. The van der Waals surface area contributed by atoms with E-state index >= 15 is 0 Å². The quantitative estimate of drug-likeness (QED) is 0.406. The monoisotopic (exact) mass is 303 g/mol. The van der Waals surface area contributed by atoms with Crippen LogP contribution in [-0.4, -0.2) is 64.3 Å². The average molecular weight is 303 g/mol. The van der Waals surface area contributed by atoms with Crippen molar-refractivity contribution in [1.29, 1.82) is 0 Å². The van der Waals surface area contributed by atoms with E-state index in [9.17, 15) is 4.79 Å². The molecule has 124 valence electrons. The highest BCUT2D eigenvalue weighted by atomic mass is 16.5. The first-order valence-electron chi connectivity index (χ1n) is 7.71. The summed E-state index contributed by atoms with van der Waals surface area (Å²) in [4.78, 5) is 12.1. The van der Waals surface area contributed by atoms with Crippen molar-refractivity contribution in [3.8, 4) is 0 Å². The summed E-state index contributed by atoms with van der Waals surface area (Å²) in [6.07, 6.45) is 3.02. The fraction of sp³-hybridized carbons (Fsp3) is 0.933. The minimum Gasteiger partial charge on any atom is -0.465 e. The van der Waals surface area contributed by atoms with Crippen LogP contribution in [0.15, 0.2) is 0 Å². The van der Waals surface area contributed by atoms with E-state index < -0.39 is 5.54 Å². The molecule has 6 heteroatoms. The molecule has 1 aliphatic rings. The lowest BCUT2D eigenvalue weighted by Crippen LogP contribution is -2.55. The molecule has 1 aliphatic carbocycles. The van der Waals surface area contributed by atoms with Crippen molar-refractivity contribution in [2.75, 3.05) is 46.8 Å². The lowest BCUT2D eigenvalue weighted by molar-refractivity contribution is -0.153. The topological polar surface area (TPSA) is 66.0 Å². The number of carbonyl (C=O) groups is 1. The van der Waals surface area contributed by atoms with Gasteiger partial charge in [0.15, 0.2) is 0 Å². The van der Waals surface area contributed by atoms with Crippen LogP contribution < -0.4 is 5.32 Å². The van der Waals surface area contributed by atoms with Gasteiger partial charge in [0.05, 0.1) is 26.4 Å². The highest BCUT2D eigenvalue weighted by molar-refractivity contribution is 5.80. The number of hydrogen-bond donors (Lipinski definition) is 1. The Morgan fingerprint density at radius 3 is 2.52 bits per heavy atom. The van der Waals surface area contributed by atoms with E-state index in [4.69, 9.17) is 18.9 Å². The van der Waals surface area contributed by atoms with Gasteiger partial charge >= 0.3 is 5.97 Å². The zero-order valence-corrected chi connectivity index (χ0v) is 13.5. The molecule has 6 nitrogen and oxygen atoms in total. The highest BCUT2D eigenvalue weighted by Crippen LogP contribution is 2.23. The zero-order chi connectivity index (χ0) is 15.6. The first-order valence-corrected chi connectivity index (χ1v) is 7.71. The molecule has 0 bridgehead atoms. The van der Waals surface area contributed by atoms with E-state index in [-0.39, 0.29) is 5.97 Å². The van der Waals surface area contributed by atoms with E-state index in [0.29, 0.717) is 45.7 Å². The SMILES string of the molecule is CCOC(=O)C(C)(COCCCOCCOC)NC1CC1. The predicted octanol–water partition coefficient (Wildman–Crippen LogP) is 1.13. The first-order chi connectivity index (χ1) is 10.1. The normalized spacial score (nSPS) is 17.5. The maximum absolute atomic E-state index is 12.1. The lowest BCUT2D eigenvalue weighted by atomic mass is 10.0. The molecule has 1 atom stereocenters. The fourth-order valence-electron chi connectivity index (χ4n) is 1.91. The third-order valence-corrected chi connectivity index (χ3v) is 3.23. The number of carbonyl (C=O) groups excluding carboxylic acids is 1. The van der Waals surface area contributed by atoms with Gasteiger partial charge in [0.25, 0.3) is 0 Å². The molecule has 0 heterocycles. The zero-order valence-electron chi connectivity index (χ0n) is 13.5. The summed E-state index contributed by atoms with van der Waals surface area (Å²) in [6, 6.07) is 0.417. The molecule has 1 N–H and O–H groups in total. The molecule has 1 saturated carbocycles. The number of ether oxygens (including phenoxy) is 4. The van der Waals surface area contributed by atoms with Gasteiger partial charge in [-0.15, -0.1) is 0 Å². The van der Waals surface area contributed by atoms with Gasteiger partial charge in [-0.3, -0.25) is 5.32 Å². The van der Waals surface area contributed by atoms with Crippen LogP contribution >= 0.6 is 0 Å². The van der Waals surface area contributed by atoms with E-state index in [1.54, 1.807) is 7.11 Å². The van der Waals surface area contributed by atoms with Crippen LogP contribution in [0.4, 0.5) is 0 Å². The maximum Gasteiger partial charge on any atom is 0.328 e. The number of hydrogen-bond acceptors (Lipinski definition) is 6. The van der Waals surface area contributed by atoms with Crippen LogP contribution in [0.5, 0.6) is 0 Å². The van der Waals surface area contributed by atoms with Gasteiger partial charge in [-0.2, -0.15) is 0 Å². The number of methoxy groups -OCH3 is 1. The third kappa shape index (κ3) is 7.76. The summed E-state index contributed by atoms with van der Waals surface area (Å²) in [6.45, 7) is 6.76. The van der Waals surface area contributed by atoms with Crippen LogP contribution in [0.1, 0.15) is 33.1 Å². The Morgan fingerprint density at radius 1 is 1.19 bits per heavy atom. The smallest absolute Gasteiger partial charge is 0.328 e. The molecule has 0 radical (unpaired) electrons. The number of nitrogens with one attached hydrogen (secondary N) is 1. The Bertz CT molecular complexity index is 296. The average Bonchev–Trinajstić information content (AvgIpc) is 3.26. The molecule has 0 aromatic rings. The van der Waals surface area contributed by atoms with Crippen molar-refractivity contribution >= 4 is 5.97 Å². The van der Waals surface area contributed by atoms with Gasteiger partial charge < -0.3 is 18.9 Å². The maximum atomic E-state index is 12.1. The second-order valence-corrected chi connectivity index (χ2v) is 5.48. The Balaban J connectivity index is 2.18. The van der Waals surface area contributed by atoms with Gasteiger partial charge in [0.2, 0.25) is 0 Å². The minimum atomic E-state index is -0.756. The van der Waals surface area contributed by atoms with E-state index in [1.807, 2.05) is 13.8 Å². The van der Waals surface area contributed by atoms with Gasteiger partial charge in [-0.25, -0.2) is 4.79 Å². The first kappa shape index (κ1) is 18.4. The van der Waals surface area contributed by atoms with E-state index in [2.05, 4.69) is 5.32 Å². The summed E-state index contributed by atoms with van der Waals surface area (Å²) < 4.78 is 21.0. The highest BCUT2D eigenvalue weighted by Gasteiger charge is 2.39. The molecule has 1 rings (SSSR count). The summed E-state index contributed by atoms with van der Waals surface area (Å²) in [5.74, 6) is -0.242. The Morgan fingerprint density at radius 2 is 1.90 bits per heavy atom. The second-order valence-electron chi connectivity index (χ2n) is 5.48. The van der Waals surface area contributed by atoms with Crippen LogP contribution in [0.3, 0.4) is 0 Å². The molecule has 0 saturated heterocycles. The Hall–Kier alpha value is -0.690. The molecule has 0 amide bonds. The van der Waals surface area contributed by atoms with Gasteiger partial charge in [0, 0.05) is 26.4 Å². The van der Waals surface area contributed by atoms with Crippen molar-refractivity contribution in [2.24, 2.45) is 0 Å². The van der Waals surface area contributed by atoms with Gasteiger partial charge in [-0.1, -0.05) is 0 Å². The van der Waals surface area contributed by atoms with Crippen molar-refractivity contribution in [2.45, 2.75) is 44.7 Å². The van der Waals surface area contributed by atoms with Crippen molar-refractivity contribution in [1.82, 2.24) is 5.32 Å². The summed E-state index contributed by atoms with van der Waals surface area (Å²) in [5, 5.41) is 3.32. The lowest BCUT2D eigenvalue weighted by Gasteiger charge is -2.28. The van der Waals surface area contributed by atoms with E-state index in [0.717, 1.165) is 19.3 Å². The molecule has 0 spiro atoms. The van der Waals surface area contributed by atoms with Crippen LogP contribution in [0, 0.1) is 0 Å². The van der Waals surface area contributed by atoms with Crippen molar-refractivity contribution in [3.63, 3.8) is 0 Å². The molecular weight excluding hydrogens is 274 g/mol. The predicted molar refractivity (Wildman–Crippen MR) is 79.3 cm³/mol. The summed E-state index contributed by atoms with van der Waals surface area (Å²) >= 11 is 0. The fourth-order valence-corrected chi connectivity index (χ4v) is 1.91. The van der Waals surface area contributed by atoms with Crippen molar-refractivity contribution < 1.29 is 23.7 Å². The van der Waals surface area contributed by atoms with Crippen LogP contribution in [0.25, 0.3) is 0 Å². The molecular formula is C15H29NO5. The number of rotatable bonds is 13. The largest absolute Gasteiger partial charge is 0.465 e. The molecule has 0 aliphatic heterocycles. The van der Waals surface area contributed by atoms with Crippen LogP contribution in [0.2, 0.25) is 0 Å². The summed E-state index contributed by atoms with van der Waals surface area (Å²) in [5.41, 5.74) is -0.756. The van der Waals surface area contributed by atoms with E-state index in [1.165, 1.54) is 0 Å². The molecule has 21 heavy (non-hydrogen) atoms. The second kappa shape index (κ2) is 10.1. The van der Waals surface area contributed by atoms with Gasteiger partial charge in [-0.05, 0) is 33.1 Å². The summed E-state index contributed by atoms with van der Waals surface area (Å²) in [7, 11) is 1.65. The van der Waals surface area contributed by atoms with Gasteiger partial charge in [0.1, 0.15) is 5.54 Å².